The van der Waals surface area contributed by atoms with E-state index in [0.717, 1.165) is 16.9 Å². The number of rotatable bonds is 6. The van der Waals surface area contributed by atoms with Gasteiger partial charge in [-0.25, -0.2) is 0 Å². The van der Waals surface area contributed by atoms with Crippen molar-refractivity contribution in [3.63, 3.8) is 0 Å². The monoisotopic (exact) mass is 362 g/mol. The molecular formula is C20H20Cl2O2. The number of benzene rings is 2. The maximum absolute atomic E-state index is 12.9. The Labute approximate surface area is 153 Å². The van der Waals surface area contributed by atoms with E-state index in [2.05, 4.69) is 13.8 Å². The van der Waals surface area contributed by atoms with E-state index < -0.39 is 0 Å². The van der Waals surface area contributed by atoms with E-state index in [-0.39, 0.29) is 5.78 Å². The normalized spacial score (nSPS) is 11.7. The van der Waals surface area contributed by atoms with Gasteiger partial charge in [-0.3, -0.25) is 4.79 Å². The van der Waals surface area contributed by atoms with Gasteiger partial charge in [0.15, 0.2) is 5.78 Å². The molecule has 0 unspecified atom stereocenters. The topological polar surface area (TPSA) is 26.3 Å². The molecule has 2 nitrogen and oxygen atoms in total. The number of carbonyl (C=O) groups is 1. The van der Waals surface area contributed by atoms with Crippen molar-refractivity contribution in [2.75, 3.05) is 7.11 Å². The van der Waals surface area contributed by atoms with Gasteiger partial charge in [0.1, 0.15) is 5.75 Å². The van der Waals surface area contributed by atoms with Gasteiger partial charge in [-0.2, -0.15) is 0 Å². The van der Waals surface area contributed by atoms with Crippen LogP contribution in [-0.2, 0) is 0 Å². The van der Waals surface area contributed by atoms with Crippen LogP contribution in [0.2, 0.25) is 10.0 Å². The second-order valence-corrected chi connectivity index (χ2v) is 6.83. The number of allylic oxidation sites excluding steroid dienone is 1. The highest BCUT2D eigenvalue weighted by atomic mass is 35.5. The zero-order valence-corrected chi connectivity index (χ0v) is 15.5. The second-order valence-electron chi connectivity index (χ2n) is 5.99. The summed E-state index contributed by atoms with van der Waals surface area (Å²) in [4.78, 5) is 12.9. The van der Waals surface area contributed by atoms with Crippen LogP contribution in [0.25, 0.3) is 6.08 Å². The van der Waals surface area contributed by atoms with Crippen molar-refractivity contribution < 1.29 is 9.53 Å². The summed E-state index contributed by atoms with van der Waals surface area (Å²) in [5, 5.41) is 1.11. The number of ketones is 1. The molecule has 126 valence electrons. The summed E-state index contributed by atoms with van der Waals surface area (Å²) in [6.45, 7) is 4.16. The zero-order valence-electron chi connectivity index (χ0n) is 14.0. The third kappa shape index (κ3) is 4.86. The number of halogens is 2. The molecule has 0 aliphatic heterocycles. The third-order valence-electron chi connectivity index (χ3n) is 3.56. The Morgan fingerprint density at radius 1 is 1.12 bits per heavy atom. The fourth-order valence-electron chi connectivity index (χ4n) is 2.39. The van der Waals surface area contributed by atoms with Crippen molar-refractivity contribution in [3.8, 4) is 5.75 Å². The van der Waals surface area contributed by atoms with Crippen LogP contribution in [0.4, 0.5) is 0 Å². The first kappa shape index (κ1) is 18.6. The molecule has 0 aromatic heterocycles. The van der Waals surface area contributed by atoms with E-state index in [1.807, 2.05) is 12.1 Å². The minimum absolute atomic E-state index is 0.00244. The van der Waals surface area contributed by atoms with E-state index in [1.165, 1.54) is 0 Å². The lowest BCUT2D eigenvalue weighted by Gasteiger charge is -2.11. The van der Waals surface area contributed by atoms with Crippen LogP contribution in [0.3, 0.4) is 0 Å². The summed E-state index contributed by atoms with van der Waals surface area (Å²) in [5.74, 6) is 1.07. The predicted octanol–water partition coefficient (Wildman–Crippen LogP) is 6.31. The summed E-state index contributed by atoms with van der Waals surface area (Å²) in [5.41, 5.74) is 2.14. The molecule has 0 bridgehead atoms. The van der Waals surface area contributed by atoms with Gasteiger partial charge in [0.25, 0.3) is 0 Å². The summed E-state index contributed by atoms with van der Waals surface area (Å²) < 4.78 is 5.14. The molecule has 0 heterocycles. The van der Waals surface area contributed by atoms with Gasteiger partial charge in [0, 0.05) is 21.2 Å². The number of carbonyl (C=O) groups excluding carboxylic acids is 1. The van der Waals surface area contributed by atoms with Crippen molar-refractivity contribution in [3.05, 3.63) is 69.2 Å². The van der Waals surface area contributed by atoms with E-state index in [0.29, 0.717) is 27.9 Å². The first-order valence-electron chi connectivity index (χ1n) is 7.75. The predicted molar refractivity (Wildman–Crippen MR) is 101 cm³/mol. The van der Waals surface area contributed by atoms with Crippen molar-refractivity contribution in [1.29, 1.82) is 0 Å². The maximum atomic E-state index is 12.9. The highest BCUT2D eigenvalue weighted by molar-refractivity contribution is 6.35. The molecule has 0 aliphatic rings. The highest BCUT2D eigenvalue weighted by Gasteiger charge is 2.15. The van der Waals surface area contributed by atoms with Crippen molar-refractivity contribution >= 4 is 35.1 Å². The average Bonchev–Trinajstić information content (AvgIpc) is 2.55. The Morgan fingerprint density at radius 2 is 1.79 bits per heavy atom. The molecule has 0 fully saturated rings. The molecule has 24 heavy (non-hydrogen) atoms. The summed E-state index contributed by atoms with van der Waals surface area (Å²) in [6, 6.07) is 12.4. The van der Waals surface area contributed by atoms with E-state index in [1.54, 1.807) is 43.5 Å². The van der Waals surface area contributed by atoms with Crippen LogP contribution in [0.1, 0.15) is 36.2 Å². The standard InChI is InChI=1S/C20H20Cl2O2/c1-13(2)10-16(11-15-4-7-17(21)12-19(15)22)20(23)14-5-8-18(24-3)9-6-14/h4-9,11-13H,10H2,1-3H3/b16-11+. The lowest BCUT2D eigenvalue weighted by molar-refractivity contribution is 0.103. The van der Waals surface area contributed by atoms with Crippen molar-refractivity contribution in [1.82, 2.24) is 0 Å². The van der Waals surface area contributed by atoms with Gasteiger partial charge >= 0.3 is 0 Å². The molecular weight excluding hydrogens is 343 g/mol. The Hall–Kier alpha value is -1.77. The first-order valence-corrected chi connectivity index (χ1v) is 8.50. The first-order chi connectivity index (χ1) is 11.4. The largest absolute Gasteiger partial charge is 0.497 e. The Kier molecular flexibility index (Phi) is 6.47. The molecule has 0 saturated heterocycles. The maximum Gasteiger partial charge on any atom is 0.189 e. The SMILES string of the molecule is COc1ccc(C(=O)/C(=C/c2ccc(Cl)cc2Cl)CC(C)C)cc1. The molecule has 0 N–H and O–H groups in total. The lowest BCUT2D eigenvalue weighted by Crippen LogP contribution is -2.06. The zero-order chi connectivity index (χ0) is 17.7. The molecule has 2 rings (SSSR count). The summed E-state index contributed by atoms with van der Waals surface area (Å²) >= 11 is 12.2. The number of methoxy groups -OCH3 is 1. The van der Waals surface area contributed by atoms with Crippen LogP contribution in [-0.4, -0.2) is 12.9 Å². The molecule has 0 aliphatic carbocycles. The van der Waals surface area contributed by atoms with Gasteiger partial charge in [0.05, 0.1) is 7.11 Å². The number of hydrogen-bond donors (Lipinski definition) is 0. The van der Waals surface area contributed by atoms with E-state index >= 15 is 0 Å². The third-order valence-corrected chi connectivity index (χ3v) is 4.13. The average molecular weight is 363 g/mol. The molecule has 4 heteroatoms. The summed E-state index contributed by atoms with van der Waals surface area (Å²) in [6.07, 6.45) is 2.52. The summed E-state index contributed by atoms with van der Waals surface area (Å²) in [7, 11) is 1.60. The van der Waals surface area contributed by atoms with Crippen molar-refractivity contribution in [2.45, 2.75) is 20.3 Å². The Morgan fingerprint density at radius 3 is 2.33 bits per heavy atom. The molecule has 0 spiro atoms. The molecule has 0 amide bonds. The Balaban J connectivity index is 2.39. The second kappa shape index (κ2) is 8.36. The van der Waals surface area contributed by atoms with Gasteiger partial charge < -0.3 is 4.74 Å². The van der Waals surface area contributed by atoms with E-state index in [4.69, 9.17) is 27.9 Å². The van der Waals surface area contributed by atoms with Gasteiger partial charge in [-0.1, -0.05) is 43.1 Å². The van der Waals surface area contributed by atoms with Gasteiger partial charge in [-0.15, -0.1) is 0 Å². The minimum Gasteiger partial charge on any atom is -0.497 e. The quantitative estimate of drug-likeness (QED) is 0.444. The van der Waals surface area contributed by atoms with Crippen LogP contribution >= 0.6 is 23.2 Å². The molecule has 2 aromatic rings. The Bertz CT molecular complexity index is 747. The van der Waals surface area contributed by atoms with Gasteiger partial charge in [-0.05, 0) is 60.4 Å². The van der Waals surface area contributed by atoms with E-state index in [9.17, 15) is 4.79 Å². The van der Waals surface area contributed by atoms with Crippen LogP contribution in [0, 0.1) is 5.92 Å². The molecule has 2 aromatic carbocycles. The van der Waals surface area contributed by atoms with Crippen LogP contribution in [0.5, 0.6) is 5.75 Å². The molecule has 0 saturated carbocycles. The van der Waals surface area contributed by atoms with Crippen LogP contribution in [0.15, 0.2) is 48.0 Å². The van der Waals surface area contributed by atoms with Gasteiger partial charge in [0.2, 0.25) is 0 Å². The molecule has 0 atom stereocenters. The lowest BCUT2D eigenvalue weighted by atomic mass is 9.93. The smallest absolute Gasteiger partial charge is 0.189 e. The number of hydrogen-bond acceptors (Lipinski definition) is 2. The fourth-order valence-corrected chi connectivity index (χ4v) is 2.85. The number of ether oxygens (including phenoxy) is 1. The fraction of sp³-hybridized carbons (Fsp3) is 0.250. The number of Topliss-reactive ketones (excluding diaryl/α,β-unsaturated/α-hetero) is 1. The minimum atomic E-state index is -0.00244. The molecule has 0 radical (unpaired) electrons. The van der Waals surface area contributed by atoms with Crippen LogP contribution < -0.4 is 4.74 Å². The van der Waals surface area contributed by atoms with Crippen molar-refractivity contribution in [2.24, 2.45) is 5.92 Å². The highest BCUT2D eigenvalue weighted by Crippen LogP contribution is 2.26.